The van der Waals surface area contributed by atoms with Gasteiger partial charge in [-0.3, -0.25) is 0 Å². The topological polar surface area (TPSA) is 65.4 Å². The number of hydrogen-bond acceptors (Lipinski definition) is 6. The average Bonchev–Trinajstić information content (AvgIpc) is 3.28. The molecule has 3 rings (SSSR count). The zero-order valence-electron chi connectivity index (χ0n) is 14.5. The van der Waals surface area contributed by atoms with Gasteiger partial charge in [0, 0.05) is 6.07 Å². The van der Waals surface area contributed by atoms with Crippen LogP contribution in [0, 0.1) is 5.82 Å². The summed E-state index contributed by atoms with van der Waals surface area (Å²) in [5.74, 6) is 0.719. The molecule has 0 unspecified atom stereocenters. The van der Waals surface area contributed by atoms with Gasteiger partial charge in [-0.1, -0.05) is 30.3 Å². The highest BCUT2D eigenvalue weighted by Gasteiger charge is 2.20. The predicted molar refractivity (Wildman–Crippen MR) is 98.8 cm³/mol. The van der Waals surface area contributed by atoms with Crippen LogP contribution in [0.4, 0.5) is 13.2 Å². The molecule has 2 aromatic heterocycles. The largest absolute Gasteiger partial charge is 0.486 e. The Morgan fingerprint density at radius 2 is 2.14 bits per heavy atom. The van der Waals surface area contributed by atoms with Crippen molar-refractivity contribution >= 4 is 29.6 Å². The van der Waals surface area contributed by atoms with E-state index in [9.17, 15) is 13.2 Å². The SMILES string of the molecule is CCSc1nnc(C(F)F)n1/N=C\c1ccc(COc2ccc(F)c(Cl)c2)o1. The van der Waals surface area contributed by atoms with E-state index >= 15 is 0 Å². The summed E-state index contributed by atoms with van der Waals surface area (Å²) in [7, 11) is 0. The van der Waals surface area contributed by atoms with Gasteiger partial charge in [0.05, 0.1) is 11.2 Å². The first-order chi connectivity index (χ1) is 13.5. The number of thioether (sulfide) groups is 1. The number of alkyl halides is 2. The molecule has 0 N–H and O–H groups in total. The van der Waals surface area contributed by atoms with Gasteiger partial charge in [-0.25, -0.2) is 13.2 Å². The van der Waals surface area contributed by atoms with Crippen molar-refractivity contribution in [3.63, 3.8) is 0 Å². The molecule has 0 fully saturated rings. The molecule has 0 aliphatic rings. The van der Waals surface area contributed by atoms with Crippen molar-refractivity contribution in [3.05, 3.63) is 58.5 Å². The third kappa shape index (κ3) is 4.87. The minimum Gasteiger partial charge on any atom is -0.486 e. The summed E-state index contributed by atoms with van der Waals surface area (Å²) in [5.41, 5.74) is 0. The van der Waals surface area contributed by atoms with E-state index in [-0.39, 0.29) is 16.8 Å². The fraction of sp³-hybridized carbons (Fsp3) is 0.235. The van der Waals surface area contributed by atoms with Crippen LogP contribution >= 0.6 is 23.4 Å². The molecule has 0 aliphatic heterocycles. The minimum absolute atomic E-state index is 0.0469. The molecule has 0 aliphatic carbocycles. The van der Waals surface area contributed by atoms with Crippen molar-refractivity contribution in [2.24, 2.45) is 5.10 Å². The van der Waals surface area contributed by atoms with Crippen molar-refractivity contribution in [1.29, 1.82) is 0 Å². The van der Waals surface area contributed by atoms with Gasteiger partial charge in [-0.2, -0.15) is 9.78 Å². The van der Waals surface area contributed by atoms with Gasteiger partial charge in [0.25, 0.3) is 6.43 Å². The van der Waals surface area contributed by atoms with Gasteiger partial charge in [0.1, 0.15) is 29.7 Å². The Morgan fingerprint density at radius 1 is 1.32 bits per heavy atom. The number of halogens is 4. The van der Waals surface area contributed by atoms with Crippen molar-refractivity contribution in [1.82, 2.24) is 14.9 Å². The zero-order valence-corrected chi connectivity index (χ0v) is 16.1. The lowest BCUT2D eigenvalue weighted by Gasteiger charge is -2.04. The lowest BCUT2D eigenvalue weighted by molar-refractivity contribution is 0.135. The highest BCUT2D eigenvalue weighted by molar-refractivity contribution is 7.99. The summed E-state index contributed by atoms with van der Waals surface area (Å²) in [6.45, 7) is 1.93. The number of hydrogen-bond donors (Lipinski definition) is 0. The van der Waals surface area contributed by atoms with E-state index < -0.39 is 18.1 Å². The van der Waals surface area contributed by atoms with Crippen molar-refractivity contribution in [3.8, 4) is 5.75 Å². The van der Waals surface area contributed by atoms with Crippen LogP contribution in [-0.4, -0.2) is 26.8 Å². The van der Waals surface area contributed by atoms with E-state index in [0.29, 0.717) is 23.0 Å². The number of furan rings is 1. The minimum atomic E-state index is -2.81. The van der Waals surface area contributed by atoms with Crippen LogP contribution < -0.4 is 4.74 Å². The maximum atomic E-state index is 13.1. The number of ether oxygens (including phenoxy) is 1. The molecule has 0 saturated heterocycles. The van der Waals surface area contributed by atoms with Gasteiger partial charge in [-0.05, 0) is 30.0 Å². The van der Waals surface area contributed by atoms with Gasteiger partial charge in [0.15, 0.2) is 0 Å². The molecule has 0 amide bonds. The molecule has 0 atom stereocenters. The zero-order chi connectivity index (χ0) is 20.1. The second-order valence-electron chi connectivity index (χ2n) is 5.30. The summed E-state index contributed by atoms with van der Waals surface area (Å²) < 4.78 is 51.2. The molecule has 11 heteroatoms. The van der Waals surface area contributed by atoms with Gasteiger partial charge >= 0.3 is 0 Å². The Kier molecular flexibility index (Phi) is 6.63. The Morgan fingerprint density at radius 3 is 2.86 bits per heavy atom. The van der Waals surface area contributed by atoms with Crippen molar-refractivity contribution in [2.45, 2.75) is 25.1 Å². The van der Waals surface area contributed by atoms with Crippen molar-refractivity contribution < 1.29 is 22.3 Å². The van der Waals surface area contributed by atoms with Crippen LogP contribution in [0.15, 0.2) is 45.0 Å². The second kappa shape index (κ2) is 9.16. The third-order valence-corrected chi connectivity index (χ3v) is 4.45. The molecule has 0 radical (unpaired) electrons. The first-order valence-electron chi connectivity index (χ1n) is 8.05. The molecule has 6 nitrogen and oxygen atoms in total. The summed E-state index contributed by atoms with van der Waals surface area (Å²) in [5, 5.41) is 11.4. The first kappa shape index (κ1) is 20.3. The van der Waals surface area contributed by atoms with E-state index in [1.165, 1.54) is 36.2 Å². The molecule has 0 spiro atoms. The monoisotopic (exact) mass is 430 g/mol. The van der Waals surface area contributed by atoms with E-state index in [4.69, 9.17) is 20.8 Å². The first-order valence-corrected chi connectivity index (χ1v) is 9.41. The fourth-order valence-corrected chi connectivity index (χ4v) is 2.91. The molecule has 0 bridgehead atoms. The molecule has 1 aromatic carbocycles. The van der Waals surface area contributed by atoms with Crippen LogP contribution in [0.1, 0.15) is 30.7 Å². The standard InChI is InChI=1S/C17H14ClF3N4O2S/c1-2-28-17-24-23-16(15(20)21)25(17)22-8-11-3-4-12(27-11)9-26-10-5-6-14(19)13(18)7-10/h3-8,15H,2,9H2,1H3/b22-8-. The predicted octanol–water partition coefficient (Wildman–Crippen LogP) is 5.17. The van der Waals surface area contributed by atoms with Gasteiger partial charge < -0.3 is 9.15 Å². The Bertz CT molecular complexity index is 977. The van der Waals surface area contributed by atoms with Crippen LogP contribution in [0.3, 0.4) is 0 Å². The van der Waals surface area contributed by atoms with E-state index in [1.807, 2.05) is 6.92 Å². The smallest absolute Gasteiger partial charge is 0.299 e. The maximum Gasteiger partial charge on any atom is 0.299 e. The maximum absolute atomic E-state index is 13.1. The summed E-state index contributed by atoms with van der Waals surface area (Å²) in [4.78, 5) is 0. The highest BCUT2D eigenvalue weighted by Crippen LogP contribution is 2.24. The van der Waals surface area contributed by atoms with Crippen LogP contribution in [0.5, 0.6) is 5.75 Å². The lowest BCUT2D eigenvalue weighted by atomic mass is 10.3. The van der Waals surface area contributed by atoms with Crippen LogP contribution in [0.2, 0.25) is 5.02 Å². The molecule has 2 heterocycles. The Labute approximate surface area is 167 Å². The summed E-state index contributed by atoms with van der Waals surface area (Å²) in [6.07, 6.45) is -1.52. The average molecular weight is 431 g/mol. The third-order valence-electron chi connectivity index (χ3n) is 3.36. The van der Waals surface area contributed by atoms with Gasteiger partial charge in [-0.15, -0.1) is 10.2 Å². The lowest BCUT2D eigenvalue weighted by Crippen LogP contribution is -2.00. The molecular weight excluding hydrogens is 417 g/mol. The van der Waals surface area contributed by atoms with Crippen molar-refractivity contribution in [2.75, 3.05) is 5.75 Å². The Balaban J connectivity index is 1.69. The fourth-order valence-electron chi connectivity index (χ4n) is 2.12. The molecule has 28 heavy (non-hydrogen) atoms. The Hall–Kier alpha value is -2.46. The normalized spacial score (nSPS) is 11.6. The van der Waals surface area contributed by atoms with E-state index in [2.05, 4.69) is 15.3 Å². The molecule has 3 aromatic rings. The number of benzene rings is 1. The molecular formula is C17H14ClF3N4O2S. The second-order valence-corrected chi connectivity index (χ2v) is 6.94. The summed E-state index contributed by atoms with van der Waals surface area (Å²) in [6, 6.07) is 7.25. The number of nitrogens with zero attached hydrogens (tertiary/aromatic N) is 4. The quantitative estimate of drug-likeness (QED) is 0.364. The van der Waals surface area contributed by atoms with E-state index in [0.717, 1.165) is 4.68 Å². The molecule has 148 valence electrons. The summed E-state index contributed by atoms with van der Waals surface area (Å²) >= 11 is 6.94. The number of aromatic nitrogens is 3. The number of rotatable bonds is 8. The highest BCUT2D eigenvalue weighted by atomic mass is 35.5. The van der Waals surface area contributed by atoms with E-state index in [1.54, 1.807) is 12.1 Å². The van der Waals surface area contributed by atoms with Gasteiger partial charge in [0.2, 0.25) is 11.0 Å². The van der Waals surface area contributed by atoms with Crippen LogP contribution in [-0.2, 0) is 6.61 Å². The molecule has 0 saturated carbocycles. The van der Waals surface area contributed by atoms with Crippen LogP contribution in [0.25, 0.3) is 0 Å².